The Labute approximate surface area is 112 Å². The van der Waals surface area contributed by atoms with E-state index in [4.69, 9.17) is 5.73 Å². The Bertz CT molecular complexity index is 399. The second-order valence-electron chi connectivity index (χ2n) is 4.89. The fraction of sp³-hybridized carbons (Fsp3) is 0.750. The zero-order valence-corrected chi connectivity index (χ0v) is 12.3. The van der Waals surface area contributed by atoms with Crippen LogP contribution in [0.5, 0.6) is 0 Å². The molecule has 102 valence electrons. The molecule has 6 heteroatoms. The van der Waals surface area contributed by atoms with Gasteiger partial charge in [0.1, 0.15) is 4.88 Å². The van der Waals surface area contributed by atoms with Gasteiger partial charge in [0.15, 0.2) is 0 Å². The van der Waals surface area contributed by atoms with Crippen LogP contribution in [0.1, 0.15) is 61.8 Å². The molecule has 1 heterocycles. The van der Waals surface area contributed by atoms with Crippen LogP contribution in [0.2, 0.25) is 0 Å². The van der Waals surface area contributed by atoms with E-state index >= 15 is 0 Å². The SMILES string of the molecule is CCC(N)(CC)CNC(=O)c1snnc1C(C)C. The molecule has 0 aliphatic heterocycles. The van der Waals surface area contributed by atoms with E-state index in [1.54, 1.807) is 0 Å². The van der Waals surface area contributed by atoms with Gasteiger partial charge < -0.3 is 11.1 Å². The Balaban J connectivity index is 2.69. The van der Waals surface area contributed by atoms with Gasteiger partial charge in [-0.15, -0.1) is 5.10 Å². The molecule has 0 radical (unpaired) electrons. The van der Waals surface area contributed by atoms with Gasteiger partial charge in [0.05, 0.1) is 5.69 Å². The first kappa shape index (κ1) is 15.0. The number of amides is 1. The van der Waals surface area contributed by atoms with E-state index in [2.05, 4.69) is 14.9 Å². The Morgan fingerprint density at radius 3 is 2.56 bits per heavy atom. The minimum atomic E-state index is -0.328. The maximum absolute atomic E-state index is 12.1. The lowest BCUT2D eigenvalue weighted by Gasteiger charge is -2.26. The van der Waals surface area contributed by atoms with Gasteiger partial charge in [-0.25, -0.2) is 0 Å². The third-order valence-corrected chi connectivity index (χ3v) is 4.02. The number of hydrogen-bond donors (Lipinski definition) is 2. The maximum Gasteiger partial charge on any atom is 0.265 e. The molecule has 0 spiro atoms. The predicted octanol–water partition coefficient (Wildman–Crippen LogP) is 1.91. The first-order valence-corrected chi connectivity index (χ1v) is 7.10. The normalized spacial score (nSPS) is 11.9. The van der Waals surface area contributed by atoms with Crippen molar-refractivity contribution < 1.29 is 4.79 Å². The standard InChI is InChI=1S/C12H22N4OS/c1-5-12(13,6-2)7-14-11(17)10-9(8(3)4)15-16-18-10/h8H,5-7,13H2,1-4H3,(H,14,17). The number of rotatable bonds is 6. The van der Waals surface area contributed by atoms with Crippen LogP contribution in [0.4, 0.5) is 0 Å². The number of carbonyl (C=O) groups excluding carboxylic acids is 1. The van der Waals surface area contributed by atoms with Gasteiger partial charge in [-0.1, -0.05) is 32.2 Å². The van der Waals surface area contributed by atoms with Crippen LogP contribution in [0.3, 0.4) is 0 Å². The first-order chi connectivity index (χ1) is 8.43. The summed E-state index contributed by atoms with van der Waals surface area (Å²) in [4.78, 5) is 12.7. The maximum atomic E-state index is 12.1. The van der Waals surface area contributed by atoms with Crippen molar-refractivity contribution in [1.29, 1.82) is 0 Å². The average Bonchev–Trinajstić information content (AvgIpc) is 2.85. The highest BCUT2D eigenvalue weighted by Gasteiger charge is 2.23. The lowest BCUT2D eigenvalue weighted by Crippen LogP contribution is -2.49. The number of aromatic nitrogens is 2. The van der Waals surface area contributed by atoms with Crippen molar-refractivity contribution in [3.05, 3.63) is 10.6 Å². The average molecular weight is 270 g/mol. The van der Waals surface area contributed by atoms with Crippen LogP contribution < -0.4 is 11.1 Å². The fourth-order valence-corrected chi connectivity index (χ4v) is 2.30. The van der Waals surface area contributed by atoms with Crippen LogP contribution in [-0.2, 0) is 0 Å². The van der Waals surface area contributed by atoms with Gasteiger partial charge in [-0.3, -0.25) is 4.79 Å². The van der Waals surface area contributed by atoms with Crippen molar-refractivity contribution in [3.63, 3.8) is 0 Å². The number of carbonyl (C=O) groups is 1. The second-order valence-corrected chi connectivity index (χ2v) is 5.65. The van der Waals surface area contributed by atoms with Gasteiger partial charge in [-0.2, -0.15) is 0 Å². The van der Waals surface area contributed by atoms with Gasteiger partial charge in [-0.05, 0) is 30.3 Å². The molecule has 18 heavy (non-hydrogen) atoms. The molecule has 0 saturated heterocycles. The van der Waals surface area contributed by atoms with Crippen molar-refractivity contribution in [3.8, 4) is 0 Å². The highest BCUT2D eigenvalue weighted by molar-refractivity contribution is 7.08. The minimum Gasteiger partial charge on any atom is -0.349 e. The Hall–Kier alpha value is -1.01. The van der Waals surface area contributed by atoms with Crippen molar-refractivity contribution >= 4 is 17.4 Å². The van der Waals surface area contributed by atoms with Crippen LogP contribution in [0, 0.1) is 0 Å². The molecule has 0 aromatic carbocycles. The molecule has 0 atom stereocenters. The van der Waals surface area contributed by atoms with Crippen molar-refractivity contribution in [2.24, 2.45) is 5.73 Å². The number of hydrogen-bond acceptors (Lipinski definition) is 5. The number of nitrogens with zero attached hydrogens (tertiary/aromatic N) is 2. The summed E-state index contributed by atoms with van der Waals surface area (Å²) in [6.07, 6.45) is 1.67. The summed E-state index contributed by atoms with van der Waals surface area (Å²) in [5.41, 5.74) is 6.58. The van der Waals surface area contributed by atoms with Crippen molar-refractivity contribution in [2.75, 3.05) is 6.54 Å². The summed E-state index contributed by atoms with van der Waals surface area (Å²) in [5, 5.41) is 6.89. The molecule has 1 aromatic heterocycles. The molecule has 5 nitrogen and oxygen atoms in total. The first-order valence-electron chi connectivity index (χ1n) is 6.32. The van der Waals surface area contributed by atoms with E-state index in [1.807, 2.05) is 27.7 Å². The molecule has 0 fully saturated rings. The van der Waals surface area contributed by atoms with Crippen LogP contribution >= 0.6 is 11.5 Å². The van der Waals surface area contributed by atoms with Gasteiger partial charge in [0.2, 0.25) is 0 Å². The smallest absolute Gasteiger partial charge is 0.265 e. The number of nitrogens with two attached hydrogens (primary N) is 1. The molecule has 0 aliphatic carbocycles. The lowest BCUT2D eigenvalue weighted by atomic mass is 9.94. The Morgan fingerprint density at radius 2 is 2.06 bits per heavy atom. The van der Waals surface area contributed by atoms with Crippen LogP contribution in [-0.4, -0.2) is 27.6 Å². The van der Waals surface area contributed by atoms with E-state index in [0.717, 1.165) is 30.1 Å². The summed E-state index contributed by atoms with van der Waals surface area (Å²) in [7, 11) is 0. The largest absolute Gasteiger partial charge is 0.349 e. The molecular formula is C12H22N4OS. The van der Waals surface area contributed by atoms with E-state index in [-0.39, 0.29) is 17.4 Å². The fourth-order valence-electron chi connectivity index (χ4n) is 1.57. The molecule has 1 aromatic rings. The van der Waals surface area contributed by atoms with Crippen molar-refractivity contribution in [1.82, 2.24) is 14.9 Å². The molecule has 1 rings (SSSR count). The highest BCUT2D eigenvalue weighted by atomic mass is 32.1. The molecule has 0 unspecified atom stereocenters. The third-order valence-electron chi connectivity index (χ3n) is 3.28. The lowest BCUT2D eigenvalue weighted by molar-refractivity contribution is 0.0944. The third kappa shape index (κ3) is 3.49. The monoisotopic (exact) mass is 270 g/mol. The molecule has 0 saturated carbocycles. The minimum absolute atomic E-state index is 0.120. The predicted molar refractivity (Wildman–Crippen MR) is 73.8 cm³/mol. The Morgan fingerprint density at radius 1 is 1.44 bits per heavy atom. The van der Waals surface area contributed by atoms with Crippen LogP contribution in [0.25, 0.3) is 0 Å². The number of nitrogens with one attached hydrogen (secondary N) is 1. The molecule has 3 N–H and O–H groups in total. The summed E-state index contributed by atoms with van der Waals surface area (Å²) in [6.45, 7) is 8.54. The van der Waals surface area contributed by atoms with Gasteiger partial charge in [0, 0.05) is 12.1 Å². The Kier molecular flexibility index (Phi) is 5.22. The van der Waals surface area contributed by atoms with E-state index in [0.29, 0.717) is 11.4 Å². The summed E-state index contributed by atoms with van der Waals surface area (Å²) < 4.78 is 3.85. The topological polar surface area (TPSA) is 80.9 Å². The van der Waals surface area contributed by atoms with E-state index < -0.39 is 0 Å². The molecule has 1 amide bonds. The summed E-state index contributed by atoms with van der Waals surface area (Å²) in [6, 6.07) is 0. The van der Waals surface area contributed by atoms with Gasteiger partial charge >= 0.3 is 0 Å². The van der Waals surface area contributed by atoms with E-state index in [1.165, 1.54) is 0 Å². The molecule has 0 aliphatic rings. The molecule has 0 bridgehead atoms. The molecular weight excluding hydrogens is 248 g/mol. The van der Waals surface area contributed by atoms with E-state index in [9.17, 15) is 4.79 Å². The zero-order valence-electron chi connectivity index (χ0n) is 11.5. The summed E-state index contributed by atoms with van der Waals surface area (Å²) >= 11 is 1.14. The highest BCUT2D eigenvalue weighted by Crippen LogP contribution is 2.19. The summed E-state index contributed by atoms with van der Waals surface area (Å²) in [5.74, 6) is 0.0786. The van der Waals surface area contributed by atoms with Crippen LogP contribution in [0.15, 0.2) is 0 Å². The second kappa shape index (κ2) is 6.24. The zero-order chi connectivity index (χ0) is 13.8. The van der Waals surface area contributed by atoms with Gasteiger partial charge in [0.25, 0.3) is 5.91 Å². The quantitative estimate of drug-likeness (QED) is 0.827. The van der Waals surface area contributed by atoms with Crippen molar-refractivity contribution in [2.45, 2.75) is 52.0 Å².